The quantitative estimate of drug-likeness (QED) is 0.586. The molecule has 0 bridgehead atoms. The first-order valence-corrected chi connectivity index (χ1v) is 8.74. The van der Waals surface area contributed by atoms with E-state index in [0.717, 1.165) is 28.0 Å². The summed E-state index contributed by atoms with van der Waals surface area (Å²) in [5, 5.41) is 8.28. The topological polar surface area (TPSA) is 63.3 Å². The summed E-state index contributed by atoms with van der Waals surface area (Å²) in [6.07, 6.45) is 3.70. The Hall–Kier alpha value is -3.54. The van der Waals surface area contributed by atoms with Crippen LogP contribution in [0.15, 0.2) is 77.5 Å². The fraction of sp³-hybridized carbons (Fsp3) is 0.143. The maximum Gasteiger partial charge on any atom is 0.317 e. The number of carbonyl (C=O) groups excluding carboxylic acids is 1. The van der Waals surface area contributed by atoms with E-state index in [1.165, 1.54) is 0 Å². The third-order valence-electron chi connectivity index (χ3n) is 4.31. The highest BCUT2D eigenvalue weighted by molar-refractivity contribution is 5.78. The van der Waals surface area contributed by atoms with Crippen molar-refractivity contribution in [1.29, 1.82) is 0 Å². The second-order valence-corrected chi connectivity index (χ2v) is 6.39. The maximum absolute atomic E-state index is 12.4. The highest BCUT2D eigenvalue weighted by atomic mass is 16.3. The van der Waals surface area contributed by atoms with Gasteiger partial charge in [0.25, 0.3) is 0 Å². The van der Waals surface area contributed by atoms with E-state index in [9.17, 15) is 4.79 Å². The molecule has 4 rings (SSSR count). The number of aromatic nitrogens is 2. The molecule has 0 aliphatic carbocycles. The van der Waals surface area contributed by atoms with Crippen LogP contribution in [0.25, 0.3) is 16.7 Å². The van der Waals surface area contributed by atoms with Crippen molar-refractivity contribution in [1.82, 2.24) is 20.0 Å². The van der Waals surface area contributed by atoms with E-state index < -0.39 is 0 Å². The van der Waals surface area contributed by atoms with Crippen LogP contribution in [0.3, 0.4) is 0 Å². The number of urea groups is 1. The Balaban J connectivity index is 1.34. The van der Waals surface area contributed by atoms with Crippen molar-refractivity contribution in [2.75, 3.05) is 7.05 Å². The molecule has 4 aromatic rings. The molecule has 2 heterocycles. The van der Waals surface area contributed by atoms with E-state index in [4.69, 9.17) is 4.42 Å². The molecular weight excluding hydrogens is 340 g/mol. The van der Waals surface area contributed by atoms with Gasteiger partial charge in [-0.2, -0.15) is 5.10 Å². The first-order chi connectivity index (χ1) is 13.2. The van der Waals surface area contributed by atoms with E-state index in [1.807, 2.05) is 66.9 Å². The Kier molecular flexibility index (Phi) is 4.61. The van der Waals surface area contributed by atoms with E-state index in [1.54, 1.807) is 22.8 Å². The highest BCUT2D eigenvalue weighted by Gasteiger charge is 2.12. The predicted octanol–water partition coefficient (Wildman–Crippen LogP) is 3.96. The van der Waals surface area contributed by atoms with Gasteiger partial charge in [0.15, 0.2) is 0 Å². The van der Waals surface area contributed by atoms with Gasteiger partial charge < -0.3 is 14.6 Å². The summed E-state index contributed by atoms with van der Waals surface area (Å²) >= 11 is 0. The summed E-state index contributed by atoms with van der Waals surface area (Å²) in [4.78, 5) is 14.0. The molecule has 136 valence electrons. The molecule has 0 aliphatic heterocycles. The van der Waals surface area contributed by atoms with E-state index in [-0.39, 0.29) is 6.03 Å². The summed E-state index contributed by atoms with van der Waals surface area (Å²) in [5.41, 5.74) is 2.77. The largest absolute Gasteiger partial charge is 0.459 e. The molecular formula is C21H20N4O2. The number of para-hydroxylation sites is 2. The summed E-state index contributed by atoms with van der Waals surface area (Å²) in [6, 6.07) is 19.4. The molecule has 2 aromatic carbocycles. The first kappa shape index (κ1) is 16.9. The van der Waals surface area contributed by atoms with Gasteiger partial charge in [0.2, 0.25) is 0 Å². The summed E-state index contributed by atoms with van der Waals surface area (Å²) in [5.74, 6) is 0.731. The zero-order chi connectivity index (χ0) is 18.6. The van der Waals surface area contributed by atoms with Crippen LogP contribution in [0.1, 0.15) is 11.3 Å². The van der Waals surface area contributed by atoms with Gasteiger partial charge in [-0.05, 0) is 24.3 Å². The van der Waals surface area contributed by atoms with Crippen molar-refractivity contribution in [2.24, 2.45) is 0 Å². The molecule has 0 fully saturated rings. The highest BCUT2D eigenvalue weighted by Crippen LogP contribution is 2.18. The number of furan rings is 1. The molecule has 6 nitrogen and oxygen atoms in total. The number of amides is 2. The molecule has 2 aromatic heterocycles. The molecule has 1 N–H and O–H groups in total. The lowest BCUT2D eigenvalue weighted by Crippen LogP contribution is -2.36. The van der Waals surface area contributed by atoms with Crippen molar-refractivity contribution in [3.05, 3.63) is 84.4 Å². The Bertz CT molecular complexity index is 1020. The number of hydrogen-bond acceptors (Lipinski definition) is 3. The van der Waals surface area contributed by atoms with Gasteiger partial charge in [0, 0.05) is 24.2 Å². The summed E-state index contributed by atoms with van der Waals surface area (Å²) in [7, 11) is 1.76. The Labute approximate surface area is 157 Å². The number of carbonyl (C=O) groups is 1. The van der Waals surface area contributed by atoms with E-state index in [2.05, 4.69) is 10.4 Å². The third-order valence-corrected chi connectivity index (χ3v) is 4.31. The van der Waals surface area contributed by atoms with E-state index >= 15 is 0 Å². The summed E-state index contributed by atoms with van der Waals surface area (Å²) < 4.78 is 7.52. The van der Waals surface area contributed by atoms with Gasteiger partial charge in [-0.1, -0.05) is 36.4 Å². The van der Waals surface area contributed by atoms with Crippen molar-refractivity contribution < 1.29 is 9.21 Å². The average Bonchev–Trinajstić information content (AvgIpc) is 3.33. The third kappa shape index (κ3) is 3.84. The fourth-order valence-electron chi connectivity index (χ4n) is 2.93. The number of nitrogens with zero attached hydrogens (tertiary/aromatic N) is 3. The van der Waals surface area contributed by atoms with Gasteiger partial charge in [0.05, 0.1) is 25.0 Å². The number of benzene rings is 2. The smallest absolute Gasteiger partial charge is 0.317 e. The fourth-order valence-corrected chi connectivity index (χ4v) is 2.93. The van der Waals surface area contributed by atoms with Crippen LogP contribution < -0.4 is 5.32 Å². The SMILES string of the molecule is CN(Cc1cnn(-c2ccccc2)c1)C(=O)NCc1cc2ccccc2o1. The van der Waals surface area contributed by atoms with Crippen LogP contribution >= 0.6 is 0 Å². The molecule has 0 saturated heterocycles. The molecule has 2 amide bonds. The average molecular weight is 360 g/mol. The van der Waals surface area contributed by atoms with Crippen LogP contribution in [-0.2, 0) is 13.1 Å². The minimum Gasteiger partial charge on any atom is -0.459 e. The van der Waals surface area contributed by atoms with Gasteiger partial charge in [0.1, 0.15) is 11.3 Å². The Morgan fingerprint density at radius 1 is 1.15 bits per heavy atom. The van der Waals surface area contributed by atoms with Crippen molar-refractivity contribution in [2.45, 2.75) is 13.1 Å². The standard InChI is InChI=1S/C21H20N4O2/c1-24(14-16-12-23-25(15-16)18-8-3-2-4-9-18)21(26)22-13-19-11-17-7-5-6-10-20(17)27-19/h2-12,15H,13-14H2,1H3,(H,22,26). The van der Waals surface area contributed by atoms with Gasteiger partial charge >= 0.3 is 6.03 Å². The number of nitrogens with one attached hydrogen (secondary N) is 1. The molecule has 6 heteroatoms. The second kappa shape index (κ2) is 7.37. The van der Waals surface area contributed by atoms with Crippen LogP contribution in [0.5, 0.6) is 0 Å². The minimum atomic E-state index is -0.164. The molecule has 0 unspecified atom stereocenters. The lowest BCUT2D eigenvalue weighted by atomic mass is 10.2. The normalized spacial score (nSPS) is 10.9. The van der Waals surface area contributed by atoms with Gasteiger partial charge in [-0.15, -0.1) is 0 Å². The maximum atomic E-state index is 12.4. The molecule has 0 spiro atoms. The lowest BCUT2D eigenvalue weighted by Gasteiger charge is -2.16. The first-order valence-electron chi connectivity index (χ1n) is 8.74. The number of hydrogen-bond donors (Lipinski definition) is 1. The summed E-state index contributed by atoms with van der Waals surface area (Å²) in [6.45, 7) is 0.819. The van der Waals surface area contributed by atoms with Gasteiger partial charge in [-0.25, -0.2) is 9.48 Å². The second-order valence-electron chi connectivity index (χ2n) is 6.39. The monoisotopic (exact) mass is 360 g/mol. The van der Waals surface area contributed by atoms with Crippen LogP contribution in [0.2, 0.25) is 0 Å². The zero-order valence-corrected chi connectivity index (χ0v) is 15.0. The lowest BCUT2D eigenvalue weighted by molar-refractivity contribution is 0.205. The van der Waals surface area contributed by atoms with Gasteiger partial charge in [-0.3, -0.25) is 0 Å². The molecule has 0 radical (unpaired) electrons. The van der Waals surface area contributed by atoms with E-state index in [0.29, 0.717) is 13.1 Å². The van der Waals surface area contributed by atoms with Crippen molar-refractivity contribution in [3.63, 3.8) is 0 Å². The minimum absolute atomic E-state index is 0.164. The Morgan fingerprint density at radius 2 is 1.93 bits per heavy atom. The number of fused-ring (bicyclic) bond motifs is 1. The Morgan fingerprint density at radius 3 is 2.74 bits per heavy atom. The van der Waals surface area contributed by atoms with Crippen LogP contribution in [0, 0.1) is 0 Å². The molecule has 0 saturated carbocycles. The van der Waals surface area contributed by atoms with Crippen molar-refractivity contribution in [3.8, 4) is 5.69 Å². The molecule has 0 aliphatic rings. The predicted molar refractivity (Wildman–Crippen MR) is 103 cm³/mol. The number of rotatable bonds is 5. The molecule has 27 heavy (non-hydrogen) atoms. The van der Waals surface area contributed by atoms with Crippen LogP contribution in [0.4, 0.5) is 4.79 Å². The zero-order valence-electron chi connectivity index (χ0n) is 15.0. The van der Waals surface area contributed by atoms with Crippen LogP contribution in [-0.4, -0.2) is 27.8 Å². The molecule has 0 atom stereocenters. The van der Waals surface area contributed by atoms with Crippen molar-refractivity contribution >= 4 is 17.0 Å².